The van der Waals surface area contributed by atoms with Crippen LogP contribution in [0.25, 0.3) is 11.3 Å². The number of aromatic nitrogens is 2. The fourth-order valence-corrected chi connectivity index (χ4v) is 4.48. The van der Waals surface area contributed by atoms with Crippen molar-refractivity contribution < 1.29 is 4.42 Å². The lowest BCUT2D eigenvalue weighted by Gasteiger charge is -2.31. The molecule has 1 aromatic carbocycles. The quantitative estimate of drug-likeness (QED) is 0.366. The molecule has 0 radical (unpaired) electrons. The van der Waals surface area contributed by atoms with Crippen molar-refractivity contribution in [1.82, 2.24) is 9.97 Å². The van der Waals surface area contributed by atoms with Gasteiger partial charge >= 0.3 is 0 Å². The van der Waals surface area contributed by atoms with Crippen LogP contribution in [-0.4, -0.2) is 42.4 Å². The lowest BCUT2D eigenvalue weighted by Crippen LogP contribution is -2.33. The molecule has 7 nitrogen and oxygen atoms in total. The summed E-state index contributed by atoms with van der Waals surface area (Å²) >= 11 is 5.98. The first kappa shape index (κ1) is 21.8. The molecule has 33 heavy (non-hydrogen) atoms. The molecule has 2 aliphatic heterocycles. The van der Waals surface area contributed by atoms with Crippen molar-refractivity contribution in [1.29, 1.82) is 0 Å². The highest BCUT2D eigenvalue weighted by molar-refractivity contribution is 6.30. The van der Waals surface area contributed by atoms with E-state index in [9.17, 15) is 0 Å². The zero-order valence-corrected chi connectivity index (χ0v) is 19.5. The van der Waals surface area contributed by atoms with Crippen molar-refractivity contribution in [3.63, 3.8) is 0 Å². The second-order valence-electron chi connectivity index (χ2n) is 8.59. The summed E-state index contributed by atoms with van der Waals surface area (Å²) in [4.78, 5) is 14.3. The fraction of sp³-hybridized carbons (Fsp3) is 0.400. The summed E-state index contributed by atoms with van der Waals surface area (Å²) in [7, 11) is 0. The molecule has 0 atom stereocenters. The normalized spacial score (nSPS) is 17.0. The molecule has 0 bridgehead atoms. The first-order chi connectivity index (χ1) is 16.2. The van der Waals surface area contributed by atoms with E-state index in [1.807, 2.05) is 42.5 Å². The van der Waals surface area contributed by atoms with E-state index in [1.54, 1.807) is 6.21 Å². The molecule has 172 valence electrons. The average Bonchev–Trinajstić information content (AvgIpc) is 3.34. The minimum atomic E-state index is 0.661. The van der Waals surface area contributed by atoms with E-state index in [0.717, 1.165) is 49.3 Å². The highest BCUT2D eigenvalue weighted by Gasteiger charge is 2.19. The van der Waals surface area contributed by atoms with Crippen LogP contribution in [0, 0.1) is 0 Å². The van der Waals surface area contributed by atoms with E-state index in [-0.39, 0.29) is 0 Å². The second kappa shape index (κ2) is 10.3. The van der Waals surface area contributed by atoms with E-state index < -0.39 is 0 Å². The largest absolute Gasteiger partial charge is 0.455 e. The van der Waals surface area contributed by atoms with Gasteiger partial charge in [0.25, 0.3) is 0 Å². The van der Waals surface area contributed by atoms with Gasteiger partial charge < -0.3 is 14.2 Å². The van der Waals surface area contributed by atoms with E-state index in [4.69, 9.17) is 26.0 Å². The monoisotopic (exact) mass is 464 g/mol. The van der Waals surface area contributed by atoms with Gasteiger partial charge in [-0.15, -0.1) is 0 Å². The molecular weight excluding hydrogens is 436 g/mol. The van der Waals surface area contributed by atoms with Crippen LogP contribution in [0.2, 0.25) is 5.02 Å². The van der Waals surface area contributed by atoms with E-state index in [1.165, 1.54) is 38.5 Å². The third-order valence-corrected chi connectivity index (χ3v) is 6.40. The maximum atomic E-state index is 5.98. The maximum Gasteiger partial charge on any atom is 0.229 e. The van der Waals surface area contributed by atoms with Crippen LogP contribution in [0.15, 0.2) is 52.0 Å². The molecule has 2 aromatic heterocycles. The Morgan fingerprint density at radius 3 is 2.27 bits per heavy atom. The Morgan fingerprint density at radius 1 is 0.848 bits per heavy atom. The molecule has 0 unspecified atom stereocenters. The van der Waals surface area contributed by atoms with Gasteiger partial charge in [0, 0.05) is 42.8 Å². The van der Waals surface area contributed by atoms with Gasteiger partial charge in [0.2, 0.25) is 5.95 Å². The minimum Gasteiger partial charge on any atom is -0.455 e. The number of hydrogen-bond donors (Lipinski definition) is 1. The van der Waals surface area contributed by atoms with Crippen molar-refractivity contribution >= 4 is 35.4 Å². The molecule has 8 heteroatoms. The zero-order valence-electron chi connectivity index (χ0n) is 18.7. The van der Waals surface area contributed by atoms with Crippen LogP contribution >= 0.6 is 11.6 Å². The number of piperidine rings is 2. The number of hydrogen-bond acceptors (Lipinski definition) is 7. The van der Waals surface area contributed by atoms with Crippen molar-refractivity contribution in [3.8, 4) is 11.3 Å². The number of anilines is 3. The van der Waals surface area contributed by atoms with E-state index in [2.05, 4.69) is 20.3 Å². The average molecular weight is 465 g/mol. The van der Waals surface area contributed by atoms with Crippen LogP contribution in [0.4, 0.5) is 17.6 Å². The molecular formula is C25H29ClN6O. The van der Waals surface area contributed by atoms with Gasteiger partial charge in [-0.05, 0) is 74.9 Å². The summed E-state index contributed by atoms with van der Waals surface area (Å²) in [5.41, 5.74) is 4.07. The second-order valence-corrected chi connectivity index (χ2v) is 9.02. The molecule has 0 amide bonds. The molecule has 0 spiro atoms. The highest BCUT2D eigenvalue weighted by Crippen LogP contribution is 2.26. The van der Waals surface area contributed by atoms with Crippen LogP contribution in [0.5, 0.6) is 0 Å². The van der Waals surface area contributed by atoms with E-state index in [0.29, 0.717) is 16.6 Å². The predicted octanol–water partition coefficient (Wildman–Crippen LogP) is 5.82. The Labute approximate surface area is 199 Å². The van der Waals surface area contributed by atoms with Crippen molar-refractivity contribution in [2.45, 2.75) is 38.5 Å². The molecule has 4 heterocycles. The van der Waals surface area contributed by atoms with Crippen LogP contribution < -0.4 is 15.2 Å². The third-order valence-electron chi connectivity index (χ3n) is 6.15. The minimum absolute atomic E-state index is 0.661. The van der Waals surface area contributed by atoms with Crippen LogP contribution in [-0.2, 0) is 0 Å². The summed E-state index contributed by atoms with van der Waals surface area (Å²) in [5.74, 6) is 3.90. The summed E-state index contributed by atoms with van der Waals surface area (Å²) in [6.45, 7) is 4.09. The SMILES string of the molecule is Clc1ccc(-c2ccc(/C=N\Nc3cc(N4CCCCC4)nc(N4CCCCC4)n3)o2)cc1. The molecule has 0 saturated carbocycles. The molecule has 2 fully saturated rings. The number of halogens is 1. The van der Waals surface area contributed by atoms with Gasteiger partial charge in [-0.2, -0.15) is 15.1 Å². The smallest absolute Gasteiger partial charge is 0.229 e. The Balaban J connectivity index is 1.32. The molecule has 0 aliphatic carbocycles. The third kappa shape index (κ3) is 5.47. The lowest BCUT2D eigenvalue weighted by molar-refractivity contribution is 0.561. The van der Waals surface area contributed by atoms with Gasteiger partial charge in [0.1, 0.15) is 17.3 Å². The van der Waals surface area contributed by atoms with Crippen molar-refractivity contribution in [3.05, 3.63) is 53.2 Å². The molecule has 1 N–H and O–H groups in total. The number of nitrogens with zero attached hydrogens (tertiary/aromatic N) is 5. The summed E-state index contributed by atoms with van der Waals surface area (Å²) in [6.07, 6.45) is 9.02. The fourth-order valence-electron chi connectivity index (χ4n) is 4.35. The zero-order chi connectivity index (χ0) is 22.5. The molecule has 2 saturated heterocycles. The van der Waals surface area contributed by atoms with Crippen molar-refractivity contribution in [2.75, 3.05) is 41.4 Å². The van der Waals surface area contributed by atoms with Gasteiger partial charge in [0.15, 0.2) is 5.82 Å². The molecule has 5 rings (SSSR count). The first-order valence-electron chi connectivity index (χ1n) is 11.8. The van der Waals surface area contributed by atoms with Gasteiger partial charge in [-0.25, -0.2) is 0 Å². The van der Waals surface area contributed by atoms with E-state index >= 15 is 0 Å². The van der Waals surface area contributed by atoms with Crippen LogP contribution in [0.1, 0.15) is 44.3 Å². The molecule has 2 aliphatic rings. The number of benzene rings is 1. The molecule has 3 aromatic rings. The van der Waals surface area contributed by atoms with Crippen molar-refractivity contribution in [2.24, 2.45) is 5.10 Å². The number of nitrogens with one attached hydrogen (secondary N) is 1. The Hall–Kier alpha value is -3.06. The lowest BCUT2D eigenvalue weighted by atomic mass is 10.1. The Kier molecular flexibility index (Phi) is 6.76. The number of furan rings is 1. The van der Waals surface area contributed by atoms with Gasteiger partial charge in [0.05, 0.1) is 6.21 Å². The summed E-state index contributed by atoms with van der Waals surface area (Å²) in [5, 5.41) is 5.09. The van der Waals surface area contributed by atoms with Crippen LogP contribution in [0.3, 0.4) is 0 Å². The van der Waals surface area contributed by atoms with Gasteiger partial charge in [-0.3, -0.25) is 5.43 Å². The number of hydrazone groups is 1. The standard InChI is InChI=1S/C25H29ClN6O/c26-20-9-7-19(8-10-20)22-12-11-21(33-22)18-27-30-23-17-24(31-13-3-1-4-14-31)29-25(28-23)32-15-5-2-6-16-32/h7-12,17-18H,1-6,13-16H2,(H,28,29,30)/b27-18-. The topological polar surface area (TPSA) is 69.8 Å². The van der Waals surface area contributed by atoms with Gasteiger partial charge in [-0.1, -0.05) is 11.6 Å². The maximum absolute atomic E-state index is 5.98. The Bertz CT molecular complexity index is 1050. The Morgan fingerprint density at radius 2 is 1.55 bits per heavy atom. The number of rotatable bonds is 6. The predicted molar refractivity (Wildman–Crippen MR) is 135 cm³/mol. The summed E-state index contributed by atoms with van der Waals surface area (Å²) in [6, 6.07) is 13.4. The first-order valence-corrected chi connectivity index (χ1v) is 12.2. The highest BCUT2D eigenvalue weighted by atomic mass is 35.5. The summed E-state index contributed by atoms with van der Waals surface area (Å²) < 4.78 is 5.90.